The summed E-state index contributed by atoms with van der Waals surface area (Å²) in [6, 6.07) is 7.53. The molecule has 0 heterocycles. The number of aliphatic hydroxyl groups is 2. The smallest absolute Gasteiger partial charge is 0.223 e. The SMILES string of the molecule is CN(CCCCCCCCO)C(=O)CCC#Cc1cccc(C(O)CCN)c1. The van der Waals surface area contributed by atoms with E-state index in [0.717, 1.165) is 56.2 Å². The van der Waals surface area contributed by atoms with Crippen molar-refractivity contribution in [2.45, 2.75) is 63.9 Å². The normalized spacial score (nSPS) is 11.6. The van der Waals surface area contributed by atoms with Crippen molar-refractivity contribution in [3.05, 3.63) is 35.4 Å². The second kappa shape index (κ2) is 15.1. The van der Waals surface area contributed by atoms with Crippen molar-refractivity contribution in [1.29, 1.82) is 0 Å². The number of benzene rings is 1. The summed E-state index contributed by atoms with van der Waals surface area (Å²) < 4.78 is 0. The van der Waals surface area contributed by atoms with Crippen LogP contribution in [0.15, 0.2) is 24.3 Å². The molecular formula is C23H36N2O3. The van der Waals surface area contributed by atoms with Gasteiger partial charge in [-0.25, -0.2) is 0 Å². The first-order chi connectivity index (χ1) is 13.6. The number of carbonyl (C=O) groups excluding carboxylic acids is 1. The number of unbranched alkanes of at least 4 members (excludes halogenated alkanes) is 5. The topological polar surface area (TPSA) is 86.8 Å². The second-order valence-electron chi connectivity index (χ2n) is 7.18. The molecule has 1 amide bonds. The predicted octanol–water partition coefficient (Wildman–Crippen LogP) is 2.99. The molecule has 4 N–H and O–H groups in total. The van der Waals surface area contributed by atoms with Crippen LogP contribution >= 0.6 is 0 Å². The number of amides is 1. The Morgan fingerprint density at radius 3 is 2.61 bits per heavy atom. The van der Waals surface area contributed by atoms with Gasteiger partial charge in [-0.2, -0.15) is 0 Å². The van der Waals surface area contributed by atoms with Crippen molar-refractivity contribution < 1.29 is 15.0 Å². The van der Waals surface area contributed by atoms with Gasteiger partial charge in [0.05, 0.1) is 6.10 Å². The Morgan fingerprint density at radius 1 is 1.18 bits per heavy atom. The van der Waals surface area contributed by atoms with E-state index in [4.69, 9.17) is 10.8 Å². The Labute approximate surface area is 169 Å². The first-order valence-electron chi connectivity index (χ1n) is 10.4. The zero-order valence-electron chi connectivity index (χ0n) is 17.2. The minimum absolute atomic E-state index is 0.127. The fourth-order valence-electron chi connectivity index (χ4n) is 2.97. The van der Waals surface area contributed by atoms with Gasteiger partial charge in [0.2, 0.25) is 5.91 Å². The molecule has 0 aliphatic carbocycles. The van der Waals surface area contributed by atoms with E-state index < -0.39 is 6.10 Å². The molecule has 1 aromatic carbocycles. The number of hydrogen-bond donors (Lipinski definition) is 3. The lowest BCUT2D eigenvalue weighted by Gasteiger charge is -2.16. The third-order valence-corrected chi connectivity index (χ3v) is 4.74. The van der Waals surface area contributed by atoms with Crippen LogP contribution in [0.25, 0.3) is 0 Å². The third kappa shape index (κ3) is 10.5. The number of hydrogen-bond acceptors (Lipinski definition) is 4. The maximum atomic E-state index is 12.2. The molecule has 0 spiro atoms. The maximum absolute atomic E-state index is 12.2. The van der Waals surface area contributed by atoms with Gasteiger partial charge in [0.15, 0.2) is 0 Å². The van der Waals surface area contributed by atoms with Crippen LogP contribution in [0.5, 0.6) is 0 Å². The number of carbonyl (C=O) groups is 1. The molecule has 1 rings (SSSR count). The average Bonchev–Trinajstić information content (AvgIpc) is 2.70. The van der Waals surface area contributed by atoms with E-state index in [1.807, 2.05) is 31.3 Å². The van der Waals surface area contributed by atoms with Crippen molar-refractivity contribution in [2.24, 2.45) is 5.73 Å². The summed E-state index contributed by atoms with van der Waals surface area (Å²) >= 11 is 0. The highest BCUT2D eigenvalue weighted by atomic mass is 16.3. The molecule has 0 bridgehead atoms. The Hall–Kier alpha value is -1.87. The molecule has 0 saturated carbocycles. The number of nitrogens with zero attached hydrogens (tertiary/aromatic N) is 1. The van der Waals surface area contributed by atoms with Crippen LogP contribution in [0.2, 0.25) is 0 Å². The van der Waals surface area contributed by atoms with Gasteiger partial charge in [0, 0.05) is 38.6 Å². The van der Waals surface area contributed by atoms with E-state index in [0.29, 0.717) is 25.8 Å². The van der Waals surface area contributed by atoms with Gasteiger partial charge in [-0.1, -0.05) is 49.7 Å². The molecule has 156 valence electrons. The van der Waals surface area contributed by atoms with Crippen molar-refractivity contribution in [3.8, 4) is 11.8 Å². The zero-order valence-corrected chi connectivity index (χ0v) is 17.2. The Balaban J connectivity index is 2.28. The summed E-state index contributed by atoms with van der Waals surface area (Å²) in [5.74, 6) is 6.26. The van der Waals surface area contributed by atoms with Gasteiger partial charge in [-0.3, -0.25) is 4.79 Å². The summed E-state index contributed by atoms with van der Waals surface area (Å²) in [5, 5.41) is 18.7. The molecule has 0 aliphatic rings. The lowest BCUT2D eigenvalue weighted by Crippen LogP contribution is -2.27. The van der Waals surface area contributed by atoms with Crippen LogP contribution in [0.4, 0.5) is 0 Å². The molecule has 0 aliphatic heterocycles. The van der Waals surface area contributed by atoms with Gasteiger partial charge in [0.1, 0.15) is 0 Å². The molecule has 28 heavy (non-hydrogen) atoms. The average molecular weight is 389 g/mol. The molecule has 0 aromatic heterocycles. The lowest BCUT2D eigenvalue weighted by atomic mass is 10.0. The standard InChI is InChI=1S/C23H36N2O3/c1-25(17-8-4-2-3-5-9-18-26)23(28)14-7-6-11-20-12-10-13-21(19-20)22(27)15-16-24/h10,12-13,19,22,26-27H,2-5,7-9,14-18,24H2,1H3. The molecule has 5 heteroatoms. The van der Waals surface area contributed by atoms with Gasteiger partial charge in [-0.05, 0) is 43.5 Å². The van der Waals surface area contributed by atoms with E-state index in [1.54, 1.807) is 4.90 Å². The van der Waals surface area contributed by atoms with Crippen molar-refractivity contribution in [3.63, 3.8) is 0 Å². The number of rotatable bonds is 13. The summed E-state index contributed by atoms with van der Waals surface area (Å²) in [6.45, 7) is 1.51. The summed E-state index contributed by atoms with van der Waals surface area (Å²) in [5.41, 5.74) is 7.15. The lowest BCUT2D eigenvalue weighted by molar-refractivity contribution is -0.129. The van der Waals surface area contributed by atoms with Gasteiger partial charge in [0.25, 0.3) is 0 Å². The van der Waals surface area contributed by atoms with E-state index in [9.17, 15) is 9.90 Å². The number of nitrogens with two attached hydrogens (primary N) is 1. The summed E-state index contributed by atoms with van der Waals surface area (Å²) in [4.78, 5) is 14.0. The highest BCUT2D eigenvalue weighted by molar-refractivity contribution is 5.76. The minimum atomic E-state index is -0.559. The monoisotopic (exact) mass is 388 g/mol. The molecular weight excluding hydrogens is 352 g/mol. The summed E-state index contributed by atoms with van der Waals surface area (Å²) in [6.07, 6.45) is 7.34. The van der Waals surface area contributed by atoms with Gasteiger partial charge >= 0.3 is 0 Å². The third-order valence-electron chi connectivity index (χ3n) is 4.74. The van der Waals surface area contributed by atoms with Crippen LogP contribution in [0.1, 0.15) is 75.0 Å². The first-order valence-corrected chi connectivity index (χ1v) is 10.4. The largest absolute Gasteiger partial charge is 0.396 e. The fourth-order valence-corrected chi connectivity index (χ4v) is 2.97. The van der Waals surface area contributed by atoms with E-state index in [-0.39, 0.29) is 12.5 Å². The first kappa shape index (κ1) is 24.2. The molecule has 1 unspecified atom stereocenters. The molecule has 1 aromatic rings. The number of aliphatic hydroxyl groups excluding tert-OH is 2. The predicted molar refractivity (Wildman–Crippen MR) is 114 cm³/mol. The van der Waals surface area contributed by atoms with Gasteiger partial charge < -0.3 is 20.8 Å². The van der Waals surface area contributed by atoms with E-state index >= 15 is 0 Å². The van der Waals surface area contributed by atoms with Gasteiger partial charge in [-0.15, -0.1) is 0 Å². The quantitative estimate of drug-likeness (QED) is 0.358. The Morgan fingerprint density at radius 2 is 1.89 bits per heavy atom. The highest BCUT2D eigenvalue weighted by Crippen LogP contribution is 2.16. The van der Waals surface area contributed by atoms with Crippen molar-refractivity contribution in [2.75, 3.05) is 26.7 Å². The second-order valence-corrected chi connectivity index (χ2v) is 7.18. The molecule has 0 fully saturated rings. The van der Waals surface area contributed by atoms with Crippen LogP contribution in [-0.2, 0) is 4.79 Å². The molecule has 5 nitrogen and oxygen atoms in total. The Bertz CT molecular complexity index is 622. The van der Waals surface area contributed by atoms with Crippen LogP contribution in [0, 0.1) is 11.8 Å². The summed E-state index contributed by atoms with van der Waals surface area (Å²) in [7, 11) is 1.85. The molecule has 1 atom stereocenters. The van der Waals surface area contributed by atoms with Crippen LogP contribution in [0.3, 0.4) is 0 Å². The highest BCUT2D eigenvalue weighted by Gasteiger charge is 2.07. The van der Waals surface area contributed by atoms with Crippen LogP contribution < -0.4 is 5.73 Å². The maximum Gasteiger partial charge on any atom is 0.223 e. The van der Waals surface area contributed by atoms with Crippen molar-refractivity contribution in [1.82, 2.24) is 4.90 Å². The molecule has 0 saturated heterocycles. The van der Waals surface area contributed by atoms with Crippen molar-refractivity contribution >= 4 is 5.91 Å². The minimum Gasteiger partial charge on any atom is -0.396 e. The zero-order chi connectivity index (χ0) is 20.6. The Kier molecular flexibility index (Phi) is 13.0. The molecule has 0 radical (unpaired) electrons. The van der Waals surface area contributed by atoms with E-state index in [1.165, 1.54) is 0 Å². The fraction of sp³-hybridized carbons (Fsp3) is 0.609. The van der Waals surface area contributed by atoms with E-state index in [2.05, 4.69) is 11.8 Å². The van der Waals surface area contributed by atoms with Crippen LogP contribution in [-0.4, -0.2) is 47.8 Å².